The first-order valence-electron chi connectivity index (χ1n) is 6.84. The molecule has 0 saturated carbocycles. The summed E-state index contributed by atoms with van der Waals surface area (Å²) in [7, 11) is 0. The number of anilines is 1. The van der Waals surface area contributed by atoms with Crippen LogP contribution in [0.2, 0.25) is 0 Å². The maximum atomic E-state index is 14.3. The monoisotopic (exact) mass is 333 g/mol. The molecule has 0 spiro atoms. The van der Waals surface area contributed by atoms with Crippen LogP contribution in [0.15, 0.2) is 23.2 Å². The van der Waals surface area contributed by atoms with E-state index in [1.54, 1.807) is 0 Å². The van der Waals surface area contributed by atoms with Gasteiger partial charge in [0.15, 0.2) is 5.54 Å². The molecule has 3 rings (SSSR count). The van der Waals surface area contributed by atoms with E-state index in [4.69, 9.17) is 20.9 Å². The number of nitrogens with two attached hydrogens (primary N) is 2. The van der Waals surface area contributed by atoms with Crippen molar-refractivity contribution in [1.82, 2.24) is 0 Å². The molecule has 3 atom stereocenters. The Balaban J connectivity index is 2.21. The molecule has 126 valence electrons. The third-order valence-corrected chi connectivity index (χ3v) is 4.49. The molecule has 2 heterocycles. The zero-order valence-electron chi connectivity index (χ0n) is 12.2. The summed E-state index contributed by atoms with van der Waals surface area (Å²) in [5.74, 6) is -2.03. The fourth-order valence-electron chi connectivity index (χ4n) is 3.31. The van der Waals surface area contributed by atoms with Crippen molar-refractivity contribution in [3.63, 3.8) is 0 Å². The van der Waals surface area contributed by atoms with E-state index < -0.39 is 41.7 Å². The number of halogens is 4. The lowest BCUT2D eigenvalue weighted by atomic mass is 9.71. The van der Waals surface area contributed by atoms with Crippen molar-refractivity contribution in [3.8, 4) is 0 Å². The van der Waals surface area contributed by atoms with Crippen molar-refractivity contribution < 1.29 is 27.0 Å². The Morgan fingerprint density at radius 3 is 2.65 bits per heavy atom. The number of hydrogen-bond donors (Lipinski definition) is 2. The predicted molar refractivity (Wildman–Crippen MR) is 74.0 cm³/mol. The van der Waals surface area contributed by atoms with Gasteiger partial charge >= 0.3 is 6.18 Å². The van der Waals surface area contributed by atoms with Crippen molar-refractivity contribution >= 4 is 11.7 Å². The summed E-state index contributed by atoms with van der Waals surface area (Å²) in [5, 5.41) is 0. The zero-order valence-corrected chi connectivity index (χ0v) is 12.2. The molecular formula is C14H15F4N3O2. The molecule has 9 heteroatoms. The van der Waals surface area contributed by atoms with E-state index in [0.717, 1.165) is 6.07 Å². The van der Waals surface area contributed by atoms with Gasteiger partial charge in [0, 0.05) is 11.3 Å². The average molecular weight is 333 g/mol. The van der Waals surface area contributed by atoms with Gasteiger partial charge in [-0.05, 0) is 25.1 Å². The van der Waals surface area contributed by atoms with Crippen LogP contribution in [0, 0.1) is 11.7 Å². The number of amidine groups is 1. The zero-order chi connectivity index (χ0) is 17.0. The summed E-state index contributed by atoms with van der Waals surface area (Å²) in [4.78, 5) is 3.49. The molecule has 5 nitrogen and oxygen atoms in total. The topological polar surface area (TPSA) is 82.9 Å². The normalized spacial score (nSPS) is 33.8. The van der Waals surface area contributed by atoms with Crippen LogP contribution in [0.25, 0.3) is 0 Å². The molecular weight excluding hydrogens is 318 g/mol. The maximum Gasteiger partial charge on any atom is 0.416 e. The smallest absolute Gasteiger partial charge is 0.416 e. The minimum absolute atomic E-state index is 0.112. The van der Waals surface area contributed by atoms with E-state index in [2.05, 4.69) is 4.99 Å². The number of aliphatic imine (C=N–C) groups is 1. The van der Waals surface area contributed by atoms with E-state index >= 15 is 0 Å². The Labute approximate surface area is 129 Å². The van der Waals surface area contributed by atoms with Gasteiger partial charge in [0.2, 0.25) is 0 Å². The molecule has 2 aliphatic rings. The molecule has 0 radical (unpaired) electrons. The molecule has 23 heavy (non-hydrogen) atoms. The first kappa shape index (κ1) is 15.9. The standard InChI is InChI=1S/C14H15F4N3O2/c1-12(8-4-7(19)2-3-9(8)15)10-5-22-6-13(10,14(16,17)18)21-11(20)23-12/h2-4,10H,5-6,19H2,1H3,(H2,20,21)/t10-,12+,13+/m0/s1. The minimum atomic E-state index is -4.72. The Kier molecular flexibility index (Phi) is 3.26. The van der Waals surface area contributed by atoms with Crippen LogP contribution in [0.1, 0.15) is 12.5 Å². The number of hydrogen-bond acceptors (Lipinski definition) is 5. The van der Waals surface area contributed by atoms with Crippen LogP contribution in [0.4, 0.5) is 23.2 Å². The largest absolute Gasteiger partial charge is 0.454 e. The number of benzene rings is 1. The molecule has 1 saturated heterocycles. The van der Waals surface area contributed by atoms with Crippen LogP contribution in [-0.4, -0.2) is 31.0 Å². The van der Waals surface area contributed by atoms with Gasteiger partial charge in [-0.2, -0.15) is 13.2 Å². The molecule has 2 aliphatic heterocycles. The van der Waals surface area contributed by atoms with Crippen molar-refractivity contribution in [1.29, 1.82) is 0 Å². The van der Waals surface area contributed by atoms with Crippen LogP contribution < -0.4 is 11.5 Å². The molecule has 1 aromatic rings. The van der Waals surface area contributed by atoms with Gasteiger partial charge < -0.3 is 20.9 Å². The molecule has 0 amide bonds. The summed E-state index contributed by atoms with van der Waals surface area (Å²) >= 11 is 0. The highest BCUT2D eigenvalue weighted by Crippen LogP contribution is 2.54. The summed E-state index contributed by atoms with van der Waals surface area (Å²) in [6.07, 6.45) is -4.72. The SMILES string of the molecule is C[C@]1(c2cc(N)ccc2F)OC(N)=N[C@]2(C(F)(F)F)COC[C@@H]12. The van der Waals surface area contributed by atoms with Gasteiger partial charge in [-0.1, -0.05) is 0 Å². The predicted octanol–water partition coefficient (Wildman–Crippen LogP) is 1.92. The van der Waals surface area contributed by atoms with Gasteiger partial charge in [0.1, 0.15) is 11.4 Å². The van der Waals surface area contributed by atoms with Gasteiger partial charge in [-0.15, -0.1) is 0 Å². The second kappa shape index (κ2) is 4.73. The first-order valence-corrected chi connectivity index (χ1v) is 6.84. The van der Waals surface area contributed by atoms with Crippen LogP contribution in [0.3, 0.4) is 0 Å². The summed E-state index contributed by atoms with van der Waals surface area (Å²) in [6.45, 7) is 0.359. The molecule has 1 fully saturated rings. The van der Waals surface area contributed by atoms with Crippen LogP contribution in [0.5, 0.6) is 0 Å². The third kappa shape index (κ3) is 2.13. The molecule has 1 aromatic carbocycles. The van der Waals surface area contributed by atoms with Gasteiger partial charge in [0.25, 0.3) is 6.02 Å². The van der Waals surface area contributed by atoms with E-state index in [1.807, 2.05) is 0 Å². The lowest BCUT2D eigenvalue weighted by Gasteiger charge is -2.46. The number of ether oxygens (including phenoxy) is 2. The molecule has 0 aromatic heterocycles. The number of nitrogens with zero attached hydrogens (tertiary/aromatic N) is 1. The number of nitrogen functional groups attached to an aromatic ring is 1. The fourth-order valence-corrected chi connectivity index (χ4v) is 3.31. The minimum Gasteiger partial charge on any atom is -0.454 e. The quantitative estimate of drug-likeness (QED) is 0.607. The van der Waals surface area contributed by atoms with Gasteiger partial charge in [-0.25, -0.2) is 9.38 Å². The van der Waals surface area contributed by atoms with Crippen molar-refractivity contribution in [3.05, 3.63) is 29.6 Å². The molecule has 0 bridgehead atoms. The Morgan fingerprint density at radius 1 is 1.30 bits per heavy atom. The highest BCUT2D eigenvalue weighted by atomic mass is 19.4. The lowest BCUT2D eigenvalue weighted by Crippen LogP contribution is -2.61. The van der Waals surface area contributed by atoms with E-state index in [-0.39, 0.29) is 17.9 Å². The Hall–Kier alpha value is -2.03. The third-order valence-electron chi connectivity index (χ3n) is 4.49. The van der Waals surface area contributed by atoms with E-state index in [9.17, 15) is 17.6 Å². The molecule has 0 unspecified atom stereocenters. The van der Waals surface area contributed by atoms with Crippen molar-refractivity contribution in [2.24, 2.45) is 16.6 Å². The lowest BCUT2D eigenvalue weighted by molar-refractivity contribution is -0.216. The summed E-state index contributed by atoms with van der Waals surface area (Å²) in [6, 6.07) is 2.97. The number of fused-ring (bicyclic) bond motifs is 1. The number of rotatable bonds is 1. The van der Waals surface area contributed by atoms with Crippen LogP contribution >= 0.6 is 0 Å². The Morgan fingerprint density at radius 2 is 2.00 bits per heavy atom. The second-order valence-electron chi connectivity index (χ2n) is 5.89. The van der Waals surface area contributed by atoms with Crippen molar-refractivity contribution in [2.75, 3.05) is 18.9 Å². The number of alkyl halides is 3. The maximum absolute atomic E-state index is 14.3. The first-order chi connectivity index (χ1) is 10.6. The Bertz CT molecular complexity index is 678. The van der Waals surface area contributed by atoms with Crippen LogP contribution in [-0.2, 0) is 15.1 Å². The summed E-state index contributed by atoms with van der Waals surface area (Å²) < 4.78 is 65.7. The van der Waals surface area contributed by atoms with E-state index in [1.165, 1.54) is 19.1 Å². The van der Waals surface area contributed by atoms with Gasteiger partial charge in [-0.3, -0.25) is 0 Å². The molecule has 4 N–H and O–H groups in total. The van der Waals surface area contributed by atoms with E-state index in [0.29, 0.717) is 0 Å². The molecule has 0 aliphatic carbocycles. The summed E-state index contributed by atoms with van der Waals surface area (Å²) in [5.41, 5.74) is 6.95. The highest BCUT2D eigenvalue weighted by Gasteiger charge is 2.70. The second-order valence-corrected chi connectivity index (χ2v) is 5.89. The highest BCUT2D eigenvalue weighted by molar-refractivity contribution is 5.74. The van der Waals surface area contributed by atoms with Gasteiger partial charge in [0.05, 0.1) is 19.1 Å². The van der Waals surface area contributed by atoms with Crippen molar-refractivity contribution in [2.45, 2.75) is 24.2 Å². The fraction of sp³-hybridized carbons (Fsp3) is 0.500. The average Bonchev–Trinajstić information content (AvgIpc) is 2.86.